The molecule has 1 aliphatic rings. The van der Waals surface area contributed by atoms with E-state index in [9.17, 15) is 5.11 Å². The predicted molar refractivity (Wildman–Crippen MR) is 63.6 cm³/mol. The second-order valence-corrected chi connectivity index (χ2v) is 4.47. The molecule has 0 bridgehead atoms. The molecule has 84 valence electrons. The normalized spacial score (nSPS) is 24.5. The fraction of sp³-hybridized carbons (Fsp3) is 0.417. The van der Waals surface area contributed by atoms with E-state index >= 15 is 0 Å². The molecule has 0 saturated carbocycles. The average molecular weight is 237 g/mol. The van der Waals surface area contributed by atoms with Crippen molar-refractivity contribution in [1.29, 1.82) is 5.26 Å². The Hall–Kier alpha value is -1.24. The summed E-state index contributed by atoms with van der Waals surface area (Å²) in [5.41, 5.74) is 1.45. The second-order valence-electron chi connectivity index (χ2n) is 4.07. The third-order valence-electron chi connectivity index (χ3n) is 3.12. The molecule has 16 heavy (non-hydrogen) atoms. The highest BCUT2D eigenvalue weighted by atomic mass is 35.5. The van der Waals surface area contributed by atoms with Crippen LogP contribution in [0.25, 0.3) is 0 Å². The summed E-state index contributed by atoms with van der Waals surface area (Å²) in [7, 11) is 0. The molecule has 0 aliphatic carbocycles. The molecule has 1 aliphatic heterocycles. The van der Waals surface area contributed by atoms with Gasteiger partial charge in [0.2, 0.25) is 0 Å². The number of aliphatic hydroxyl groups excluding tert-OH is 1. The van der Waals surface area contributed by atoms with Crippen LogP contribution >= 0.6 is 11.6 Å². The van der Waals surface area contributed by atoms with E-state index in [4.69, 9.17) is 16.9 Å². The summed E-state index contributed by atoms with van der Waals surface area (Å²) in [5.74, 6) is 0. The zero-order valence-corrected chi connectivity index (χ0v) is 9.78. The van der Waals surface area contributed by atoms with Gasteiger partial charge in [-0.25, -0.2) is 0 Å². The minimum Gasteiger partial charge on any atom is -0.391 e. The number of anilines is 1. The smallest absolute Gasteiger partial charge is 0.101 e. The van der Waals surface area contributed by atoms with Gasteiger partial charge in [-0.05, 0) is 31.5 Å². The van der Waals surface area contributed by atoms with Gasteiger partial charge in [-0.2, -0.15) is 5.26 Å². The molecule has 2 rings (SSSR count). The van der Waals surface area contributed by atoms with Crippen LogP contribution in [0.4, 0.5) is 5.69 Å². The molecule has 0 unspecified atom stereocenters. The van der Waals surface area contributed by atoms with Crippen molar-refractivity contribution in [1.82, 2.24) is 0 Å². The van der Waals surface area contributed by atoms with Gasteiger partial charge in [-0.1, -0.05) is 11.6 Å². The molecule has 2 atom stereocenters. The highest BCUT2D eigenvalue weighted by Crippen LogP contribution is 2.29. The molecule has 0 amide bonds. The summed E-state index contributed by atoms with van der Waals surface area (Å²) in [4.78, 5) is 2.11. The molecule has 0 spiro atoms. The fourth-order valence-corrected chi connectivity index (χ4v) is 2.28. The molecule has 1 saturated heterocycles. The number of benzene rings is 1. The van der Waals surface area contributed by atoms with Gasteiger partial charge < -0.3 is 10.0 Å². The average Bonchev–Trinajstić information content (AvgIpc) is 2.60. The number of hydrogen-bond donors (Lipinski definition) is 1. The highest BCUT2D eigenvalue weighted by molar-refractivity contribution is 6.32. The fourth-order valence-electron chi connectivity index (χ4n) is 2.06. The lowest BCUT2D eigenvalue weighted by Gasteiger charge is -2.25. The molecular weight excluding hydrogens is 224 g/mol. The quantitative estimate of drug-likeness (QED) is 0.813. The number of hydrogen-bond acceptors (Lipinski definition) is 3. The summed E-state index contributed by atoms with van der Waals surface area (Å²) in [6, 6.07) is 7.51. The molecule has 0 radical (unpaired) electrons. The standard InChI is InChI=1S/C12H13ClN2O/c1-8-12(16)4-5-15(8)10-3-2-9(7-14)11(13)6-10/h2-3,6,8,12,16H,4-5H2,1H3/t8-,12-/m1/s1. The zero-order chi connectivity index (χ0) is 11.7. The van der Waals surface area contributed by atoms with Gasteiger partial charge in [0, 0.05) is 12.2 Å². The van der Waals surface area contributed by atoms with Gasteiger partial charge in [-0.15, -0.1) is 0 Å². The van der Waals surface area contributed by atoms with Gasteiger partial charge in [0.25, 0.3) is 0 Å². The summed E-state index contributed by atoms with van der Waals surface area (Å²) >= 11 is 5.98. The zero-order valence-electron chi connectivity index (χ0n) is 9.02. The molecule has 1 aromatic rings. The molecule has 1 aromatic carbocycles. The van der Waals surface area contributed by atoms with Crippen molar-refractivity contribution in [3.05, 3.63) is 28.8 Å². The largest absolute Gasteiger partial charge is 0.391 e. The molecule has 0 aromatic heterocycles. The van der Waals surface area contributed by atoms with Crippen molar-refractivity contribution in [2.24, 2.45) is 0 Å². The molecule has 4 heteroatoms. The van der Waals surface area contributed by atoms with E-state index in [0.717, 1.165) is 18.7 Å². The second kappa shape index (κ2) is 4.32. The van der Waals surface area contributed by atoms with Crippen LogP contribution in [0.5, 0.6) is 0 Å². The van der Waals surface area contributed by atoms with Crippen molar-refractivity contribution in [2.45, 2.75) is 25.5 Å². The summed E-state index contributed by atoms with van der Waals surface area (Å²) in [6.07, 6.45) is 0.494. The van der Waals surface area contributed by atoms with Gasteiger partial charge in [0.05, 0.1) is 22.7 Å². The molecule has 1 heterocycles. The van der Waals surface area contributed by atoms with E-state index in [1.807, 2.05) is 19.1 Å². The Morgan fingerprint density at radius 3 is 2.81 bits per heavy atom. The number of aliphatic hydroxyl groups is 1. The van der Waals surface area contributed by atoms with Crippen LogP contribution in [0.15, 0.2) is 18.2 Å². The summed E-state index contributed by atoms with van der Waals surface area (Å²) in [5, 5.41) is 18.9. The maximum absolute atomic E-state index is 9.67. The Bertz CT molecular complexity index is 441. The Kier molecular flexibility index (Phi) is 3.04. The van der Waals surface area contributed by atoms with Crippen molar-refractivity contribution in [3.63, 3.8) is 0 Å². The predicted octanol–water partition coefficient (Wildman–Crippen LogP) is 2.17. The maximum atomic E-state index is 9.67. The molecule has 1 fully saturated rings. The Labute approximate surface area is 99.9 Å². The van der Waals surface area contributed by atoms with Gasteiger partial charge in [0.15, 0.2) is 0 Å². The number of nitrogens with zero attached hydrogens (tertiary/aromatic N) is 2. The van der Waals surface area contributed by atoms with Crippen LogP contribution in [-0.2, 0) is 0 Å². The third kappa shape index (κ3) is 1.87. The van der Waals surface area contributed by atoms with E-state index in [1.165, 1.54) is 0 Å². The highest BCUT2D eigenvalue weighted by Gasteiger charge is 2.29. The monoisotopic (exact) mass is 236 g/mol. The Balaban J connectivity index is 2.29. The minimum absolute atomic E-state index is 0.101. The SMILES string of the molecule is C[C@@H]1[C@H](O)CCN1c1ccc(C#N)c(Cl)c1. The van der Waals surface area contributed by atoms with Crippen molar-refractivity contribution in [3.8, 4) is 6.07 Å². The van der Waals surface area contributed by atoms with Crippen molar-refractivity contribution < 1.29 is 5.11 Å². The summed E-state index contributed by atoms with van der Waals surface area (Å²) < 4.78 is 0. The first-order valence-electron chi connectivity index (χ1n) is 5.28. The van der Waals surface area contributed by atoms with Crippen LogP contribution < -0.4 is 4.90 Å². The topological polar surface area (TPSA) is 47.3 Å². The summed E-state index contributed by atoms with van der Waals surface area (Å²) in [6.45, 7) is 2.81. The molecule has 3 nitrogen and oxygen atoms in total. The van der Waals surface area contributed by atoms with Gasteiger partial charge in [-0.3, -0.25) is 0 Å². The van der Waals surface area contributed by atoms with Crippen LogP contribution in [0, 0.1) is 11.3 Å². The van der Waals surface area contributed by atoms with E-state index in [2.05, 4.69) is 4.90 Å². The first kappa shape index (κ1) is 11.3. The third-order valence-corrected chi connectivity index (χ3v) is 3.43. The Morgan fingerprint density at radius 2 is 2.31 bits per heavy atom. The van der Waals surface area contributed by atoms with Crippen LogP contribution in [0.2, 0.25) is 5.02 Å². The first-order chi connectivity index (χ1) is 7.63. The van der Waals surface area contributed by atoms with Gasteiger partial charge in [0.1, 0.15) is 6.07 Å². The first-order valence-corrected chi connectivity index (χ1v) is 5.65. The van der Waals surface area contributed by atoms with Crippen molar-refractivity contribution >= 4 is 17.3 Å². The molecule has 1 N–H and O–H groups in total. The lowest BCUT2D eigenvalue weighted by atomic mass is 10.1. The van der Waals surface area contributed by atoms with Crippen molar-refractivity contribution in [2.75, 3.05) is 11.4 Å². The van der Waals surface area contributed by atoms with Crippen LogP contribution in [-0.4, -0.2) is 23.8 Å². The van der Waals surface area contributed by atoms with E-state index in [-0.39, 0.29) is 12.1 Å². The van der Waals surface area contributed by atoms with E-state index < -0.39 is 0 Å². The Morgan fingerprint density at radius 1 is 1.56 bits per heavy atom. The lowest BCUT2D eigenvalue weighted by molar-refractivity contribution is 0.170. The number of halogens is 1. The number of rotatable bonds is 1. The number of nitriles is 1. The minimum atomic E-state index is -0.283. The van der Waals surface area contributed by atoms with Crippen LogP contribution in [0.1, 0.15) is 18.9 Å². The lowest BCUT2D eigenvalue weighted by Crippen LogP contribution is -2.32. The van der Waals surface area contributed by atoms with Crippen LogP contribution in [0.3, 0.4) is 0 Å². The van der Waals surface area contributed by atoms with E-state index in [1.54, 1.807) is 12.1 Å². The molecular formula is C12H13ClN2O. The van der Waals surface area contributed by atoms with Gasteiger partial charge >= 0.3 is 0 Å². The van der Waals surface area contributed by atoms with E-state index in [0.29, 0.717) is 10.6 Å². The maximum Gasteiger partial charge on any atom is 0.101 e.